The number of hydrogen-bond acceptors (Lipinski definition) is 5. The molecule has 1 saturated heterocycles. The first kappa shape index (κ1) is 10.6. The molecule has 1 N–H and O–H groups in total. The van der Waals surface area contributed by atoms with E-state index in [1.165, 1.54) is 0 Å². The van der Waals surface area contributed by atoms with Crippen molar-refractivity contribution in [3.8, 4) is 11.5 Å². The summed E-state index contributed by atoms with van der Waals surface area (Å²) < 4.78 is 10.5. The van der Waals surface area contributed by atoms with Crippen LogP contribution < -0.4 is 14.8 Å². The van der Waals surface area contributed by atoms with Crippen molar-refractivity contribution >= 4 is 40.3 Å². The third-order valence-electron chi connectivity index (χ3n) is 2.34. The summed E-state index contributed by atoms with van der Waals surface area (Å²) in [7, 11) is 0. The first-order chi connectivity index (χ1) is 8.22. The molecule has 4 nitrogen and oxygen atoms in total. The van der Waals surface area contributed by atoms with Gasteiger partial charge in [0.2, 0.25) is 6.79 Å². The van der Waals surface area contributed by atoms with Gasteiger partial charge in [-0.1, -0.05) is 18.3 Å². The molecule has 1 amide bonds. The van der Waals surface area contributed by atoms with Crippen LogP contribution in [0.3, 0.4) is 0 Å². The smallest absolute Gasteiger partial charge is 0.289 e. The topological polar surface area (TPSA) is 47.6 Å². The van der Waals surface area contributed by atoms with Crippen LogP contribution in [0.5, 0.6) is 11.5 Å². The van der Waals surface area contributed by atoms with E-state index in [0.29, 0.717) is 10.7 Å². The van der Waals surface area contributed by atoms with Crippen molar-refractivity contribution in [2.45, 2.75) is 0 Å². The summed E-state index contributed by atoms with van der Waals surface area (Å²) in [5.74, 6) is 1.45. The van der Waals surface area contributed by atoms with Crippen molar-refractivity contribution in [2.75, 3.05) is 6.79 Å². The lowest BCUT2D eigenvalue weighted by atomic mass is 10.2. The summed E-state index contributed by atoms with van der Waals surface area (Å²) >= 11 is 6.14. The van der Waals surface area contributed by atoms with Crippen molar-refractivity contribution in [3.63, 3.8) is 0 Å². The fourth-order valence-electron chi connectivity index (χ4n) is 1.58. The first-order valence-corrected chi connectivity index (χ1v) is 6.09. The molecule has 3 rings (SSSR count). The predicted octanol–water partition coefficient (Wildman–Crippen LogP) is 2.54. The standard InChI is InChI=1S/C11H7NO3S2/c13-11-12-10(16)9(17-11)4-6-1-2-7-8(3-6)15-5-14-7/h1-4H,5H2,(H,12,13,16)/b9-4-. The summed E-state index contributed by atoms with van der Waals surface area (Å²) in [5, 5.41) is 2.43. The molecule has 0 bridgehead atoms. The van der Waals surface area contributed by atoms with Crippen LogP contribution in [0.4, 0.5) is 4.79 Å². The van der Waals surface area contributed by atoms with Gasteiger partial charge in [0.25, 0.3) is 5.24 Å². The van der Waals surface area contributed by atoms with Crippen LogP contribution in [0.2, 0.25) is 0 Å². The highest BCUT2D eigenvalue weighted by Gasteiger charge is 2.21. The van der Waals surface area contributed by atoms with Gasteiger partial charge >= 0.3 is 0 Å². The number of hydrogen-bond donors (Lipinski definition) is 1. The summed E-state index contributed by atoms with van der Waals surface area (Å²) in [4.78, 5) is 12.3. The van der Waals surface area contributed by atoms with Crippen LogP contribution in [0.1, 0.15) is 5.56 Å². The van der Waals surface area contributed by atoms with E-state index in [2.05, 4.69) is 5.32 Å². The Morgan fingerprint density at radius 1 is 1.35 bits per heavy atom. The quantitative estimate of drug-likeness (QED) is 0.624. The normalized spacial score (nSPS) is 19.9. The average molecular weight is 265 g/mol. The van der Waals surface area contributed by atoms with E-state index in [1.54, 1.807) is 0 Å². The van der Waals surface area contributed by atoms with Gasteiger partial charge in [0.05, 0.1) is 4.91 Å². The molecule has 2 heterocycles. The Balaban J connectivity index is 1.93. The molecule has 2 aliphatic rings. The summed E-state index contributed by atoms with van der Waals surface area (Å²) in [6, 6.07) is 5.60. The molecule has 0 saturated carbocycles. The second-order valence-electron chi connectivity index (χ2n) is 3.46. The molecule has 0 atom stereocenters. The van der Waals surface area contributed by atoms with E-state index in [9.17, 15) is 4.79 Å². The fraction of sp³-hybridized carbons (Fsp3) is 0.0909. The van der Waals surface area contributed by atoms with E-state index in [-0.39, 0.29) is 12.0 Å². The molecule has 2 aliphatic heterocycles. The molecular weight excluding hydrogens is 258 g/mol. The van der Waals surface area contributed by atoms with Crippen LogP contribution in [0.25, 0.3) is 6.08 Å². The maximum Gasteiger partial charge on any atom is 0.289 e. The lowest BCUT2D eigenvalue weighted by Crippen LogP contribution is -2.15. The SMILES string of the molecule is O=C1NC(=S)/C(=C/c2ccc3c(c2)OCO3)S1. The Hall–Kier alpha value is -1.53. The van der Waals surface area contributed by atoms with Crippen molar-refractivity contribution < 1.29 is 14.3 Å². The molecular formula is C11H7NO3S2. The van der Waals surface area contributed by atoms with Gasteiger partial charge in [0, 0.05) is 0 Å². The van der Waals surface area contributed by atoms with E-state index in [0.717, 1.165) is 28.0 Å². The summed E-state index contributed by atoms with van der Waals surface area (Å²) in [5.41, 5.74) is 0.926. The molecule has 1 aromatic rings. The van der Waals surface area contributed by atoms with E-state index in [1.807, 2.05) is 24.3 Å². The zero-order valence-corrected chi connectivity index (χ0v) is 10.2. The van der Waals surface area contributed by atoms with Crippen molar-refractivity contribution in [2.24, 2.45) is 0 Å². The third kappa shape index (κ3) is 2.01. The number of rotatable bonds is 1. The molecule has 6 heteroatoms. The summed E-state index contributed by atoms with van der Waals surface area (Å²) in [6.45, 7) is 0.253. The molecule has 0 radical (unpaired) electrons. The maximum absolute atomic E-state index is 11.1. The molecule has 1 fully saturated rings. The van der Waals surface area contributed by atoms with Crippen molar-refractivity contribution in [1.82, 2.24) is 5.32 Å². The fourth-order valence-corrected chi connectivity index (χ4v) is 2.61. The second kappa shape index (κ2) is 4.05. The Labute approximate surface area is 107 Å². The number of thiocarbonyl (C=S) groups is 1. The highest BCUT2D eigenvalue weighted by Crippen LogP contribution is 2.34. The molecule has 0 aliphatic carbocycles. The number of nitrogens with one attached hydrogen (secondary N) is 1. The number of benzene rings is 1. The number of carbonyl (C=O) groups is 1. The van der Waals surface area contributed by atoms with Crippen LogP contribution in [0, 0.1) is 0 Å². The second-order valence-corrected chi connectivity index (χ2v) is 4.89. The average Bonchev–Trinajstić information content (AvgIpc) is 2.85. The zero-order valence-electron chi connectivity index (χ0n) is 8.56. The molecule has 0 aromatic heterocycles. The van der Waals surface area contributed by atoms with E-state index < -0.39 is 0 Å². The number of ether oxygens (including phenoxy) is 2. The van der Waals surface area contributed by atoms with Gasteiger partial charge in [-0.15, -0.1) is 0 Å². The molecule has 0 spiro atoms. The van der Waals surface area contributed by atoms with Gasteiger partial charge in [0.1, 0.15) is 4.99 Å². The molecule has 86 valence electrons. The van der Waals surface area contributed by atoms with Gasteiger partial charge < -0.3 is 14.8 Å². The lowest BCUT2D eigenvalue weighted by Gasteiger charge is -1.99. The van der Waals surface area contributed by atoms with Crippen LogP contribution >= 0.6 is 24.0 Å². The maximum atomic E-state index is 11.1. The number of amides is 1. The van der Waals surface area contributed by atoms with Gasteiger partial charge in [-0.3, -0.25) is 4.79 Å². The summed E-state index contributed by atoms with van der Waals surface area (Å²) in [6.07, 6.45) is 1.85. The van der Waals surface area contributed by atoms with Gasteiger partial charge in [0.15, 0.2) is 11.5 Å². The Morgan fingerprint density at radius 2 is 2.18 bits per heavy atom. The highest BCUT2D eigenvalue weighted by atomic mass is 32.2. The van der Waals surface area contributed by atoms with Gasteiger partial charge in [-0.2, -0.15) is 0 Å². The minimum Gasteiger partial charge on any atom is -0.454 e. The highest BCUT2D eigenvalue weighted by molar-refractivity contribution is 8.19. The number of carbonyl (C=O) groups excluding carboxylic acids is 1. The molecule has 1 aromatic carbocycles. The molecule has 0 unspecified atom stereocenters. The van der Waals surface area contributed by atoms with E-state index >= 15 is 0 Å². The predicted molar refractivity (Wildman–Crippen MR) is 69.3 cm³/mol. The van der Waals surface area contributed by atoms with Gasteiger partial charge in [-0.05, 0) is 35.5 Å². The van der Waals surface area contributed by atoms with Crippen molar-refractivity contribution in [1.29, 1.82) is 0 Å². The third-order valence-corrected chi connectivity index (χ3v) is 3.62. The van der Waals surface area contributed by atoms with Crippen LogP contribution in [-0.2, 0) is 0 Å². The number of fused-ring (bicyclic) bond motifs is 1. The van der Waals surface area contributed by atoms with Crippen LogP contribution in [0.15, 0.2) is 23.1 Å². The minimum absolute atomic E-state index is 0.137. The van der Waals surface area contributed by atoms with Gasteiger partial charge in [-0.25, -0.2) is 0 Å². The monoisotopic (exact) mass is 265 g/mol. The lowest BCUT2D eigenvalue weighted by molar-refractivity contribution is 0.174. The minimum atomic E-state index is -0.137. The Morgan fingerprint density at radius 3 is 2.94 bits per heavy atom. The first-order valence-electron chi connectivity index (χ1n) is 4.87. The van der Waals surface area contributed by atoms with Crippen molar-refractivity contribution in [3.05, 3.63) is 28.7 Å². The number of thioether (sulfide) groups is 1. The van der Waals surface area contributed by atoms with Crippen LogP contribution in [-0.4, -0.2) is 17.0 Å². The largest absolute Gasteiger partial charge is 0.454 e. The molecule has 17 heavy (non-hydrogen) atoms. The Bertz CT molecular complexity index is 554. The Kier molecular flexibility index (Phi) is 2.53. The van der Waals surface area contributed by atoms with E-state index in [4.69, 9.17) is 21.7 Å². The zero-order chi connectivity index (χ0) is 11.8.